The van der Waals surface area contributed by atoms with Crippen molar-refractivity contribution in [2.75, 3.05) is 16.8 Å². The molecule has 0 aliphatic rings. The van der Waals surface area contributed by atoms with Gasteiger partial charge in [0.15, 0.2) is 5.11 Å². The van der Waals surface area contributed by atoms with Gasteiger partial charge in [0.2, 0.25) is 0 Å². The highest BCUT2D eigenvalue weighted by Crippen LogP contribution is 2.23. The summed E-state index contributed by atoms with van der Waals surface area (Å²) < 4.78 is 0. The van der Waals surface area contributed by atoms with Crippen LogP contribution in [-0.2, 0) is 0 Å². The number of benzene rings is 3. The maximum absolute atomic E-state index is 13.2. The van der Waals surface area contributed by atoms with E-state index in [2.05, 4.69) is 10.6 Å². The summed E-state index contributed by atoms with van der Waals surface area (Å²) in [6, 6.07) is 20.9. The summed E-state index contributed by atoms with van der Waals surface area (Å²) in [5.41, 5.74) is 1.93. The van der Waals surface area contributed by atoms with Gasteiger partial charge in [0, 0.05) is 17.3 Å². The molecule has 0 saturated carbocycles. The van der Waals surface area contributed by atoms with Crippen LogP contribution < -0.4 is 15.5 Å². The second kappa shape index (κ2) is 10.4. The van der Waals surface area contributed by atoms with Crippen molar-refractivity contribution in [3.63, 3.8) is 0 Å². The van der Waals surface area contributed by atoms with E-state index in [1.807, 2.05) is 37.3 Å². The molecule has 0 spiro atoms. The zero-order valence-electron chi connectivity index (χ0n) is 16.6. The van der Waals surface area contributed by atoms with Crippen LogP contribution in [-0.4, -0.2) is 23.5 Å². The standard InChI is InChI=1S/C23H19Cl2N3O2S/c1-2-28(16-8-4-3-5-9-16)22(30)18-10-6-7-11-20(18)26-23(31)27-21(29)17-13-12-15(24)14-19(17)25/h3-14H,2H2,1H3,(H2,26,27,29,31). The Morgan fingerprint density at radius 3 is 2.29 bits per heavy atom. The zero-order valence-corrected chi connectivity index (χ0v) is 18.9. The van der Waals surface area contributed by atoms with E-state index in [0.717, 1.165) is 5.69 Å². The van der Waals surface area contributed by atoms with Crippen molar-refractivity contribution in [3.05, 3.63) is 94.0 Å². The highest BCUT2D eigenvalue weighted by Gasteiger charge is 2.20. The molecule has 0 radical (unpaired) electrons. The topological polar surface area (TPSA) is 61.4 Å². The lowest BCUT2D eigenvalue weighted by molar-refractivity contribution is 0.0974. The van der Waals surface area contributed by atoms with E-state index < -0.39 is 5.91 Å². The van der Waals surface area contributed by atoms with Crippen LogP contribution in [0.2, 0.25) is 10.0 Å². The van der Waals surface area contributed by atoms with Gasteiger partial charge in [0.1, 0.15) is 0 Å². The van der Waals surface area contributed by atoms with Crippen molar-refractivity contribution in [1.29, 1.82) is 0 Å². The van der Waals surface area contributed by atoms with E-state index in [1.165, 1.54) is 12.1 Å². The first-order valence-corrected chi connectivity index (χ1v) is 10.6. The number of nitrogens with one attached hydrogen (secondary N) is 2. The first-order chi connectivity index (χ1) is 14.9. The SMILES string of the molecule is CCN(C(=O)c1ccccc1NC(=S)NC(=O)c1ccc(Cl)cc1Cl)c1ccccc1. The lowest BCUT2D eigenvalue weighted by atomic mass is 10.1. The monoisotopic (exact) mass is 471 g/mol. The summed E-state index contributed by atoms with van der Waals surface area (Å²) in [6.45, 7) is 2.40. The fourth-order valence-corrected chi connectivity index (χ4v) is 3.67. The minimum Gasteiger partial charge on any atom is -0.332 e. The van der Waals surface area contributed by atoms with Gasteiger partial charge in [0.25, 0.3) is 11.8 Å². The van der Waals surface area contributed by atoms with Crippen LogP contribution in [0.5, 0.6) is 0 Å². The van der Waals surface area contributed by atoms with E-state index in [-0.39, 0.29) is 21.6 Å². The average Bonchev–Trinajstić information content (AvgIpc) is 2.75. The number of carbonyl (C=O) groups excluding carboxylic acids is 2. The van der Waals surface area contributed by atoms with E-state index in [0.29, 0.717) is 22.8 Å². The van der Waals surface area contributed by atoms with E-state index in [4.69, 9.17) is 35.4 Å². The predicted octanol–water partition coefficient (Wildman–Crippen LogP) is 5.79. The van der Waals surface area contributed by atoms with Gasteiger partial charge in [-0.3, -0.25) is 14.9 Å². The molecule has 3 aromatic rings. The van der Waals surface area contributed by atoms with Crippen molar-refractivity contribution in [1.82, 2.24) is 5.32 Å². The third kappa shape index (κ3) is 5.61. The second-order valence-corrected chi connectivity index (χ2v) is 7.71. The van der Waals surface area contributed by atoms with Gasteiger partial charge >= 0.3 is 0 Å². The second-order valence-electron chi connectivity index (χ2n) is 6.46. The van der Waals surface area contributed by atoms with E-state index in [9.17, 15) is 9.59 Å². The Morgan fingerprint density at radius 2 is 1.61 bits per heavy atom. The number of hydrogen-bond donors (Lipinski definition) is 2. The number of halogens is 2. The minimum absolute atomic E-state index is 0.0408. The summed E-state index contributed by atoms with van der Waals surface area (Å²) in [5, 5.41) is 6.19. The first-order valence-electron chi connectivity index (χ1n) is 9.44. The van der Waals surface area contributed by atoms with Gasteiger partial charge in [-0.15, -0.1) is 0 Å². The Hall–Kier alpha value is -2.93. The van der Waals surface area contributed by atoms with Gasteiger partial charge < -0.3 is 10.2 Å². The highest BCUT2D eigenvalue weighted by atomic mass is 35.5. The van der Waals surface area contributed by atoms with Crippen molar-refractivity contribution in [2.24, 2.45) is 0 Å². The molecule has 2 N–H and O–H groups in total. The third-order valence-electron chi connectivity index (χ3n) is 4.44. The highest BCUT2D eigenvalue weighted by molar-refractivity contribution is 7.80. The largest absolute Gasteiger partial charge is 0.332 e. The maximum Gasteiger partial charge on any atom is 0.260 e. The molecule has 0 aliphatic heterocycles. The molecule has 0 fully saturated rings. The van der Waals surface area contributed by atoms with Gasteiger partial charge in [0.05, 0.1) is 21.8 Å². The molecule has 0 unspecified atom stereocenters. The molecule has 3 rings (SSSR count). The summed E-state index contributed by atoms with van der Waals surface area (Å²) in [7, 11) is 0. The molecular weight excluding hydrogens is 453 g/mol. The van der Waals surface area contributed by atoms with Gasteiger partial charge in [-0.2, -0.15) is 0 Å². The van der Waals surface area contributed by atoms with Crippen molar-refractivity contribution >= 4 is 63.7 Å². The molecule has 158 valence electrons. The van der Waals surface area contributed by atoms with Crippen LogP contribution in [0.25, 0.3) is 0 Å². The summed E-state index contributed by atoms with van der Waals surface area (Å²) in [4.78, 5) is 27.4. The molecule has 8 heteroatoms. The lowest BCUT2D eigenvalue weighted by Gasteiger charge is -2.23. The van der Waals surface area contributed by atoms with Gasteiger partial charge in [-0.25, -0.2) is 0 Å². The Morgan fingerprint density at radius 1 is 0.935 bits per heavy atom. The molecule has 3 aromatic carbocycles. The normalized spacial score (nSPS) is 10.3. The molecule has 0 aromatic heterocycles. The number of para-hydroxylation sites is 2. The molecule has 5 nitrogen and oxygen atoms in total. The van der Waals surface area contributed by atoms with Crippen LogP contribution in [0.15, 0.2) is 72.8 Å². The maximum atomic E-state index is 13.2. The quantitative estimate of drug-likeness (QED) is 0.462. The van der Waals surface area contributed by atoms with E-state index >= 15 is 0 Å². The molecule has 0 bridgehead atoms. The van der Waals surface area contributed by atoms with Crippen LogP contribution in [0.4, 0.5) is 11.4 Å². The Kier molecular flexibility index (Phi) is 7.63. The van der Waals surface area contributed by atoms with Gasteiger partial charge in [-0.1, -0.05) is 53.5 Å². The first kappa shape index (κ1) is 22.7. The predicted molar refractivity (Wildman–Crippen MR) is 130 cm³/mol. The number of hydrogen-bond acceptors (Lipinski definition) is 3. The summed E-state index contributed by atoms with van der Waals surface area (Å²) in [5.74, 6) is -0.672. The number of carbonyl (C=O) groups is 2. The van der Waals surface area contributed by atoms with Crippen LogP contribution >= 0.6 is 35.4 Å². The van der Waals surface area contributed by atoms with Crippen molar-refractivity contribution < 1.29 is 9.59 Å². The van der Waals surface area contributed by atoms with Crippen LogP contribution in [0, 0.1) is 0 Å². The summed E-state index contributed by atoms with van der Waals surface area (Å²) >= 11 is 17.2. The summed E-state index contributed by atoms with van der Waals surface area (Å²) in [6.07, 6.45) is 0. The van der Waals surface area contributed by atoms with Gasteiger partial charge in [-0.05, 0) is 61.6 Å². The number of amides is 2. The molecule has 2 amide bonds. The van der Waals surface area contributed by atoms with Crippen LogP contribution in [0.3, 0.4) is 0 Å². The van der Waals surface area contributed by atoms with Crippen molar-refractivity contribution in [2.45, 2.75) is 6.92 Å². The molecule has 0 atom stereocenters. The average molecular weight is 472 g/mol. The Balaban J connectivity index is 1.77. The van der Waals surface area contributed by atoms with E-state index in [1.54, 1.807) is 35.2 Å². The number of rotatable bonds is 5. The lowest BCUT2D eigenvalue weighted by Crippen LogP contribution is -2.36. The van der Waals surface area contributed by atoms with Crippen LogP contribution in [0.1, 0.15) is 27.6 Å². The fraction of sp³-hybridized carbons (Fsp3) is 0.0870. The molecular formula is C23H19Cl2N3O2S. The molecule has 0 heterocycles. The Bertz CT molecular complexity index is 1120. The minimum atomic E-state index is -0.484. The Labute approximate surface area is 196 Å². The van der Waals surface area contributed by atoms with Crippen molar-refractivity contribution in [3.8, 4) is 0 Å². The zero-order chi connectivity index (χ0) is 22.4. The number of thiocarbonyl (C=S) groups is 1. The molecule has 0 saturated heterocycles. The fourth-order valence-electron chi connectivity index (χ4n) is 2.97. The third-order valence-corrected chi connectivity index (χ3v) is 5.19. The number of anilines is 2. The molecule has 31 heavy (non-hydrogen) atoms. The molecule has 0 aliphatic carbocycles. The smallest absolute Gasteiger partial charge is 0.260 e. The number of nitrogens with zero attached hydrogens (tertiary/aromatic N) is 1.